The zero-order valence-electron chi connectivity index (χ0n) is 9.50. The molecular formula is C13H20N2. The van der Waals surface area contributed by atoms with E-state index < -0.39 is 0 Å². The molecule has 1 rings (SSSR count). The van der Waals surface area contributed by atoms with Crippen molar-refractivity contribution in [1.82, 2.24) is 5.32 Å². The standard InChI is InChI=1S/C13H20N2/c1-3-7-12(4-2)15-13-9-6-5-8-11(13)10-14/h2,11-13,15H,3,5-9H2,1H3. The maximum Gasteiger partial charge on any atom is 0.0689 e. The van der Waals surface area contributed by atoms with Crippen molar-refractivity contribution in [2.24, 2.45) is 5.92 Å². The Morgan fingerprint density at radius 1 is 1.47 bits per heavy atom. The lowest BCUT2D eigenvalue weighted by atomic mass is 9.85. The molecule has 82 valence electrons. The molecule has 15 heavy (non-hydrogen) atoms. The van der Waals surface area contributed by atoms with Crippen molar-refractivity contribution in [2.75, 3.05) is 0 Å². The smallest absolute Gasteiger partial charge is 0.0689 e. The minimum Gasteiger partial charge on any atom is -0.300 e. The van der Waals surface area contributed by atoms with E-state index in [1.54, 1.807) is 0 Å². The molecule has 0 saturated heterocycles. The summed E-state index contributed by atoms with van der Waals surface area (Å²) in [6.07, 6.45) is 12.1. The Bertz CT molecular complexity index is 259. The molecule has 2 heteroatoms. The van der Waals surface area contributed by atoms with Gasteiger partial charge >= 0.3 is 0 Å². The average Bonchev–Trinajstić information content (AvgIpc) is 2.29. The second-order valence-electron chi connectivity index (χ2n) is 4.30. The molecule has 0 aromatic rings. The van der Waals surface area contributed by atoms with Gasteiger partial charge in [0.05, 0.1) is 18.0 Å². The molecular weight excluding hydrogens is 184 g/mol. The zero-order chi connectivity index (χ0) is 11.1. The fraction of sp³-hybridized carbons (Fsp3) is 0.769. The van der Waals surface area contributed by atoms with Crippen LogP contribution in [0.25, 0.3) is 0 Å². The molecule has 0 aromatic carbocycles. The van der Waals surface area contributed by atoms with Crippen LogP contribution in [0.5, 0.6) is 0 Å². The van der Waals surface area contributed by atoms with Gasteiger partial charge in [-0.1, -0.05) is 32.1 Å². The first-order valence-electron chi connectivity index (χ1n) is 5.93. The second kappa shape index (κ2) is 6.49. The van der Waals surface area contributed by atoms with Crippen LogP contribution in [-0.2, 0) is 0 Å². The maximum absolute atomic E-state index is 9.04. The van der Waals surface area contributed by atoms with E-state index in [4.69, 9.17) is 11.7 Å². The van der Waals surface area contributed by atoms with E-state index in [0.717, 1.165) is 25.7 Å². The summed E-state index contributed by atoms with van der Waals surface area (Å²) in [4.78, 5) is 0. The molecule has 3 unspecified atom stereocenters. The van der Waals surface area contributed by atoms with Gasteiger partial charge < -0.3 is 0 Å². The molecule has 0 radical (unpaired) electrons. The van der Waals surface area contributed by atoms with Gasteiger partial charge in [-0.3, -0.25) is 5.32 Å². The van der Waals surface area contributed by atoms with Crippen molar-refractivity contribution in [3.8, 4) is 18.4 Å². The lowest BCUT2D eigenvalue weighted by Crippen LogP contribution is -2.43. The van der Waals surface area contributed by atoms with Crippen LogP contribution >= 0.6 is 0 Å². The van der Waals surface area contributed by atoms with Gasteiger partial charge in [-0.05, 0) is 19.3 Å². The first-order valence-corrected chi connectivity index (χ1v) is 5.93. The number of nitriles is 1. The van der Waals surface area contributed by atoms with E-state index >= 15 is 0 Å². The van der Waals surface area contributed by atoms with E-state index in [9.17, 15) is 0 Å². The highest BCUT2D eigenvalue weighted by Crippen LogP contribution is 2.24. The number of terminal acetylenes is 1. The van der Waals surface area contributed by atoms with Crippen LogP contribution in [0.4, 0.5) is 0 Å². The molecule has 3 atom stereocenters. The molecule has 1 aliphatic rings. The molecule has 1 saturated carbocycles. The summed E-state index contributed by atoms with van der Waals surface area (Å²) >= 11 is 0. The van der Waals surface area contributed by atoms with Crippen molar-refractivity contribution in [3.63, 3.8) is 0 Å². The first-order chi connectivity index (χ1) is 7.31. The minimum absolute atomic E-state index is 0.147. The summed E-state index contributed by atoms with van der Waals surface area (Å²) in [5.74, 6) is 2.93. The average molecular weight is 204 g/mol. The number of rotatable bonds is 4. The summed E-state index contributed by atoms with van der Waals surface area (Å²) in [6.45, 7) is 2.13. The molecule has 1 aliphatic carbocycles. The Morgan fingerprint density at radius 3 is 2.80 bits per heavy atom. The fourth-order valence-electron chi connectivity index (χ4n) is 2.25. The number of nitrogens with zero attached hydrogens (tertiary/aromatic N) is 1. The van der Waals surface area contributed by atoms with Gasteiger partial charge in [0, 0.05) is 6.04 Å². The van der Waals surface area contributed by atoms with Gasteiger partial charge in [-0.15, -0.1) is 6.42 Å². The van der Waals surface area contributed by atoms with Gasteiger partial charge in [0.1, 0.15) is 0 Å². The topological polar surface area (TPSA) is 35.8 Å². The highest BCUT2D eigenvalue weighted by molar-refractivity contribution is 5.03. The summed E-state index contributed by atoms with van der Waals surface area (Å²) in [5.41, 5.74) is 0. The van der Waals surface area contributed by atoms with Crippen molar-refractivity contribution in [3.05, 3.63) is 0 Å². The number of hydrogen-bond donors (Lipinski definition) is 1. The van der Waals surface area contributed by atoms with Crippen LogP contribution in [0.3, 0.4) is 0 Å². The largest absolute Gasteiger partial charge is 0.300 e. The lowest BCUT2D eigenvalue weighted by molar-refractivity contribution is 0.297. The van der Waals surface area contributed by atoms with Gasteiger partial charge in [-0.2, -0.15) is 5.26 Å². The Labute approximate surface area is 93.1 Å². The number of nitrogens with one attached hydrogen (secondary N) is 1. The van der Waals surface area contributed by atoms with Crippen molar-refractivity contribution in [2.45, 2.75) is 57.5 Å². The van der Waals surface area contributed by atoms with Gasteiger partial charge in [0.15, 0.2) is 0 Å². The van der Waals surface area contributed by atoms with Crippen molar-refractivity contribution in [1.29, 1.82) is 5.26 Å². The van der Waals surface area contributed by atoms with Crippen LogP contribution < -0.4 is 5.32 Å². The van der Waals surface area contributed by atoms with E-state index in [1.165, 1.54) is 12.8 Å². The van der Waals surface area contributed by atoms with Crippen LogP contribution in [0.15, 0.2) is 0 Å². The molecule has 0 aromatic heterocycles. The quantitative estimate of drug-likeness (QED) is 0.714. The highest BCUT2D eigenvalue weighted by Gasteiger charge is 2.25. The highest BCUT2D eigenvalue weighted by atomic mass is 15.0. The third-order valence-electron chi connectivity index (χ3n) is 3.13. The van der Waals surface area contributed by atoms with E-state index in [1.807, 2.05) is 0 Å². The van der Waals surface area contributed by atoms with Crippen LogP contribution in [0, 0.1) is 29.6 Å². The lowest BCUT2D eigenvalue weighted by Gasteiger charge is -2.30. The molecule has 0 bridgehead atoms. The molecule has 0 aliphatic heterocycles. The Kier molecular flexibility index (Phi) is 5.22. The molecule has 0 amide bonds. The van der Waals surface area contributed by atoms with Crippen LogP contribution in [0.2, 0.25) is 0 Å². The monoisotopic (exact) mass is 204 g/mol. The summed E-state index contributed by atoms with van der Waals surface area (Å²) in [5, 5.41) is 12.5. The predicted molar refractivity (Wildman–Crippen MR) is 62.0 cm³/mol. The number of hydrogen-bond acceptors (Lipinski definition) is 2. The van der Waals surface area contributed by atoms with Gasteiger partial charge in [0.25, 0.3) is 0 Å². The molecule has 2 nitrogen and oxygen atoms in total. The Morgan fingerprint density at radius 2 is 2.20 bits per heavy atom. The Balaban J connectivity index is 2.47. The summed E-state index contributed by atoms with van der Waals surface area (Å²) in [7, 11) is 0. The third kappa shape index (κ3) is 3.57. The van der Waals surface area contributed by atoms with E-state index in [2.05, 4.69) is 24.2 Å². The normalized spacial score (nSPS) is 27.7. The maximum atomic E-state index is 9.04. The van der Waals surface area contributed by atoms with Crippen LogP contribution in [0.1, 0.15) is 45.4 Å². The van der Waals surface area contributed by atoms with Crippen LogP contribution in [-0.4, -0.2) is 12.1 Å². The van der Waals surface area contributed by atoms with E-state index in [-0.39, 0.29) is 12.0 Å². The summed E-state index contributed by atoms with van der Waals surface area (Å²) in [6, 6.07) is 2.86. The molecule has 1 fully saturated rings. The molecule has 0 spiro atoms. The minimum atomic E-state index is 0.147. The summed E-state index contributed by atoms with van der Waals surface area (Å²) < 4.78 is 0. The van der Waals surface area contributed by atoms with Gasteiger partial charge in [-0.25, -0.2) is 0 Å². The van der Waals surface area contributed by atoms with Crippen molar-refractivity contribution >= 4 is 0 Å². The molecule has 0 heterocycles. The third-order valence-corrected chi connectivity index (χ3v) is 3.13. The predicted octanol–water partition coefficient (Wildman–Crippen LogP) is 2.46. The SMILES string of the molecule is C#CC(CCC)NC1CCCCC1C#N. The zero-order valence-corrected chi connectivity index (χ0v) is 9.50. The molecule has 1 N–H and O–H groups in total. The fourth-order valence-corrected chi connectivity index (χ4v) is 2.25. The first kappa shape index (κ1) is 12.1. The Hall–Kier alpha value is -0.990. The van der Waals surface area contributed by atoms with Gasteiger partial charge in [0.2, 0.25) is 0 Å². The van der Waals surface area contributed by atoms with Crippen molar-refractivity contribution < 1.29 is 0 Å². The second-order valence-corrected chi connectivity index (χ2v) is 4.30. The van der Waals surface area contributed by atoms with E-state index in [0.29, 0.717) is 6.04 Å².